The Morgan fingerprint density at radius 1 is 1.20 bits per heavy atom. The van der Waals surface area contributed by atoms with E-state index in [2.05, 4.69) is 41.7 Å². The molecule has 15 heavy (non-hydrogen) atoms. The van der Waals surface area contributed by atoms with Crippen LogP contribution in [0.1, 0.15) is 18.4 Å². The third-order valence-electron chi connectivity index (χ3n) is 3.66. The summed E-state index contributed by atoms with van der Waals surface area (Å²) >= 11 is 0. The van der Waals surface area contributed by atoms with Gasteiger partial charge in [0, 0.05) is 12.6 Å². The van der Waals surface area contributed by atoms with Crippen LogP contribution in [0.4, 0.5) is 0 Å². The minimum atomic E-state index is 0.611. The lowest BCUT2D eigenvalue weighted by atomic mass is 9.96. The molecule has 0 unspecified atom stereocenters. The predicted octanol–water partition coefficient (Wildman–Crippen LogP) is 2.54. The smallest absolute Gasteiger partial charge is 0.0323 e. The molecule has 0 spiro atoms. The topological polar surface area (TPSA) is 12.0 Å². The Bertz CT molecular complexity index is 366. The van der Waals surface area contributed by atoms with E-state index in [1.54, 1.807) is 5.57 Å². The largest absolute Gasteiger partial charge is 0.309 e. The second-order valence-electron chi connectivity index (χ2n) is 4.63. The van der Waals surface area contributed by atoms with Crippen molar-refractivity contribution in [1.29, 1.82) is 0 Å². The minimum Gasteiger partial charge on any atom is -0.309 e. The van der Waals surface area contributed by atoms with Crippen LogP contribution in [-0.4, -0.2) is 12.6 Å². The number of benzene rings is 1. The van der Waals surface area contributed by atoms with Crippen LogP contribution < -0.4 is 5.32 Å². The van der Waals surface area contributed by atoms with Crippen molar-refractivity contribution in [3.05, 3.63) is 47.5 Å². The molecule has 1 fully saturated rings. The molecule has 0 aromatic heterocycles. The lowest BCUT2D eigenvalue weighted by Crippen LogP contribution is -2.25. The van der Waals surface area contributed by atoms with Crippen LogP contribution in [0.2, 0.25) is 0 Å². The first kappa shape index (κ1) is 9.17. The van der Waals surface area contributed by atoms with Gasteiger partial charge >= 0.3 is 0 Å². The second-order valence-corrected chi connectivity index (χ2v) is 4.63. The third-order valence-corrected chi connectivity index (χ3v) is 3.66. The average Bonchev–Trinajstić information content (AvgIpc) is 2.85. The summed E-state index contributed by atoms with van der Waals surface area (Å²) in [5.41, 5.74) is 3.13. The van der Waals surface area contributed by atoms with E-state index < -0.39 is 0 Å². The summed E-state index contributed by atoms with van der Waals surface area (Å²) in [7, 11) is 0. The van der Waals surface area contributed by atoms with Gasteiger partial charge in [-0.2, -0.15) is 0 Å². The molecule has 2 atom stereocenters. The number of hydrogen-bond donors (Lipinski definition) is 1. The summed E-state index contributed by atoms with van der Waals surface area (Å²) in [5.74, 6) is 0.846. The molecule has 2 aliphatic rings. The third kappa shape index (κ3) is 1.72. The lowest BCUT2D eigenvalue weighted by molar-refractivity contribution is 0.612. The zero-order valence-corrected chi connectivity index (χ0v) is 8.95. The molecule has 0 saturated carbocycles. The van der Waals surface area contributed by atoms with Crippen LogP contribution in [0.15, 0.2) is 42.0 Å². The molecule has 1 N–H and O–H groups in total. The zero-order valence-electron chi connectivity index (χ0n) is 8.95. The van der Waals surface area contributed by atoms with Gasteiger partial charge in [-0.05, 0) is 30.7 Å². The van der Waals surface area contributed by atoms with Crippen LogP contribution in [0.5, 0.6) is 0 Å². The quantitative estimate of drug-likeness (QED) is 0.722. The van der Waals surface area contributed by atoms with E-state index in [1.165, 1.54) is 24.9 Å². The highest BCUT2D eigenvalue weighted by atomic mass is 15.0. The van der Waals surface area contributed by atoms with E-state index in [0.29, 0.717) is 6.04 Å². The van der Waals surface area contributed by atoms with Gasteiger partial charge in [0.2, 0.25) is 0 Å². The van der Waals surface area contributed by atoms with Gasteiger partial charge in [0.1, 0.15) is 0 Å². The molecule has 1 heterocycles. The number of allylic oxidation sites excluding steroid dienone is 1. The van der Waals surface area contributed by atoms with Crippen LogP contribution in [0, 0.1) is 5.92 Å². The Morgan fingerprint density at radius 3 is 2.93 bits per heavy atom. The number of hydrogen-bond acceptors (Lipinski definition) is 1. The van der Waals surface area contributed by atoms with Gasteiger partial charge < -0.3 is 5.32 Å². The molecule has 0 bridgehead atoms. The molecule has 0 amide bonds. The number of rotatable bonds is 2. The number of nitrogens with one attached hydrogen (secondary N) is 1. The molecule has 1 aromatic carbocycles. The van der Waals surface area contributed by atoms with Gasteiger partial charge in [-0.25, -0.2) is 0 Å². The summed E-state index contributed by atoms with van der Waals surface area (Å²) in [6.07, 6.45) is 6.28. The second kappa shape index (κ2) is 3.82. The molecular weight excluding hydrogens is 182 g/mol. The van der Waals surface area contributed by atoms with Crippen LogP contribution in [0.3, 0.4) is 0 Å². The Balaban J connectivity index is 1.74. The average molecular weight is 199 g/mol. The van der Waals surface area contributed by atoms with Gasteiger partial charge in [-0.15, -0.1) is 0 Å². The molecule has 1 nitrogen and oxygen atoms in total. The summed E-state index contributed by atoms with van der Waals surface area (Å²) in [6.45, 7) is 1.20. The molecule has 1 aliphatic heterocycles. The molecule has 1 heteroatoms. The minimum absolute atomic E-state index is 0.611. The molecule has 1 aliphatic carbocycles. The summed E-state index contributed by atoms with van der Waals surface area (Å²) < 4.78 is 0. The van der Waals surface area contributed by atoms with E-state index in [-0.39, 0.29) is 0 Å². The predicted molar refractivity (Wildman–Crippen MR) is 62.7 cm³/mol. The molecule has 1 aromatic rings. The van der Waals surface area contributed by atoms with E-state index >= 15 is 0 Å². The van der Waals surface area contributed by atoms with E-state index in [4.69, 9.17) is 0 Å². The van der Waals surface area contributed by atoms with Crippen molar-refractivity contribution in [3.63, 3.8) is 0 Å². The number of fused-ring (bicyclic) bond motifs is 1. The Hall–Kier alpha value is -1.08. The summed E-state index contributed by atoms with van der Waals surface area (Å²) in [6, 6.07) is 11.4. The summed E-state index contributed by atoms with van der Waals surface area (Å²) in [4.78, 5) is 0. The van der Waals surface area contributed by atoms with Crippen LogP contribution >= 0.6 is 0 Å². The maximum Gasteiger partial charge on any atom is 0.0323 e. The first-order valence-electron chi connectivity index (χ1n) is 5.91. The fraction of sp³-hybridized carbons (Fsp3) is 0.429. The van der Waals surface area contributed by atoms with Gasteiger partial charge in [0.05, 0.1) is 0 Å². The van der Waals surface area contributed by atoms with E-state index in [0.717, 1.165) is 12.3 Å². The van der Waals surface area contributed by atoms with Gasteiger partial charge in [0.15, 0.2) is 0 Å². The first-order chi connectivity index (χ1) is 7.43. The maximum absolute atomic E-state index is 3.64. The van der Waals surface area contributed by atoms with Gasteiger partial charge in [0.25, 0.3) is 0 Å². The molecule has 3 rings (SSSR count). The fourth-order valence-electron chi connectivity index (χ4n) is 2.87. The molecule has 78 valence electrons. The Morgan fingerprint density at radius 2 is 2.07 bits per heavy atom. The van der Waals surface area contributed by atoms with E-state index in [1.807, 2.05) is 0 Å². The Kier molecular flexibility index (Phi) is 2.34. The highest BCUT2D eigenvalue weighted by Gasteiger charge is 2.31. The molecule has 1 saturated heterocycles. The zero-order chi connectivity index (χ0) is 10.1. The van der Waals surface area contributed by atoms with Crippen LogP contribution in [-0.2, 0) is 6.42 Å². The fourth-order valence-corrected chi connectivity index (χ4v) is 2.87. The standard InChI is InChI=1S/C14H17N/c1-2-5-11(6-3-1)9-14-13-8-4-7-12(13)10-15-14/h1-3,5-6,8,12,14-15H,4,7,9-10H2/t12-,14-/m0/s1. The van der Waals surface area contributed by atoms with Crippen molar-refractivity contribution in [2.24, 2.45) is 5.92 Å². The maximum atomic E-state index is 3.64. The highest BCUT2D eigenvalue weighted by Crippen LogP contribution is 2.33. The van der Waals surface area contributed by atoms with Crippen molar-refractivity contribution >= 4 is 0 Å². The van der Waals surface area contributed by atoms with Crippen molar-refractivity contribution in [3.8, 4) is 0 Å². The van der Waals surface area contributed by atoms with Crippen molar-refractivity contribution in [2.75, 3.05) is 6.54 Å². The normalized spacial score (nSPS) is 28.9. The van der Waals surface area contributed by atoms with Crippen molar-refractivity contribution in [1.82, 2.24) is 5.32 Å². The van der Waals surface area contributed by atoms with E-state index in [9.17, 15) is 0 Å². The highest BCUT2D eigenvalue weighted by molar-refractivity contribution is 5.28. The van der Waals surface area contributed by atoms with Gasteiger partial charge in [-0.3, -0.25) is 0 Å². The van der Waals surface area contributed by atoms with Crippen molar-refractivity contribution in [2.45, 2.75) is 25.3 Å². The molecular formula is C14H17N. The SMILES string of the molecule is C1=C2[C@@H](CC1)CN[C@H]2Cc1ccccc1. The van der Waals surface area contributed by atoms with Crippen molar-refractivity contribution < 1.29 is 0 Å². The lowest BCUT2D eigenvalue weighted by Gasteiger charge is -2.12. The van der Waals surface area contributed by atoms with Gasteiger partial charge in [-0.1, -0.05) is 42.0 Å². The molecule has 0 radical (unpaired) electrons. The Labute approximate surface area is 91.2 Å². The first-order valence-corrected chi connectivity index (χ1v) is 5.91. The van der Waals surface area contributed by atoms with Crippen LogP contribution in [0.25, 0.3) is 0 Å². The summed E-state index contributed by atoms with van der Waals surface area (Å²) in [5, 5.41) is 3.64. The monoisotopic (exact) mass is 199 g/mol.